The Kier molecular flexibility index (Phi) is 510. The summed E-state index contributed by atoms with van der Waals surface area (Å²) in [5, 5.41) is 0. The van der Waals surface area contributed by atoms with Crippen LogP contribution in [0.4, 0.5) is 0 Å². The normalized spacial score (nSPS) is 20.1. The summed E-state index contributed by atoms with van der Waals surface area (Å²) >= 11 is 0. The maximum atomic E-state index is 9.45. The molecule has 4 fully saturated rings. The van der Waals surface area contributed by atoms with Gasteiger partial charge in [0.1, 0.15) is 0 Å². The van der Waals surface area contributed by atoms with E-state index < -0.39 is 36.2 Å². The summed E-state index contributed by atoms with van der Waals surface area (Å²) in [6.07, 6.45) is 0. The standard InChI is InChI=1S/2Li.16Mg.2Na.H4O10Si4.12H2O.36H/c;;;;;;;;;;;;;;;;;;;;1-11-5-12(2)8-13(3,6-11)10-14(4,7-11)9-12;;;;;;;;;;;;;;;;;;;;;;;;;;;;;;;;;;;;;;;;;;;;;;;;/h;;;;;;;;;;;;;;;;;;;;1-4H;12*1H2;;;;;;;;;;;;;;;;;;;;;;;;;;;;;;;;;;;;/q2*+1;16*+2;2*+1;;;;;;;;;;;;;;36*-1. The van der Waals surface area contributed by atoms with Crippen LogP contribution in [-0.4, -0.2) is 490 Å². The van der Waals surface area contributed by atoms with E-state index in [1.54, 1.807) is 0 Å². The zero-order chi connectivity index (χ0) is 10.2. The van der Waals surface area contributed by atoms with Crippen LogP contribution in [0.15, 0.2) is 0 Å². The molecule has 0 aliphatic carbocycles. The third kappa shape index (κ3) is 76.7. The Morgan fingerprint density at radius 3 is 0.326 bits per heavy atom. The fourth-order valence-corrected chi connectivity index (χ4v) is 15.6. The molecular formula is H64Li2Mg16Na2O22Si4. The van der Waals surface area contributed by atoms with E-state index in [4.69, 9.17) is 0 Å². The molecule has 46 heteroatoms. The van der Waals surface area contributed by atoms with Crippen molar-refractivity contribution in [2.24, 2.45) is 0 Å². The molecule has 0 unspecified atom stereocenters. The van der Waals surface area contributed by atoms with Gasteiger partial charge in [0.05, 0.1) is 0 Å². The Morgan fingerprint density at radius 2 is 0.283 bits per heavy atom. The first-order valence-electron chi connectivity index (χ1n) is 3.34. The van der Waals surface area contributed by atoms with E-state index >= 15 is 0 Å². The first kappa shape index (κ1) is 227. The molecule has 46 heavy (non-hydrogen) atoms. The molecule has 0 amide bonds. The van der Waals surface area contributed by atoms with Crippen molar-refractivity contribution < 1.29 is 258 Å². The molecule has 0 aromatic heterocycles. The van der Waals surface area contributed by atoms with Gasteiger partial charge in [0.15, 0.2) is 0 Å². The van der Waals surface area contributed by atoms with Gasteiger partial charge in [0.25, 0.3) is 0 Å². The van der Waals surface area contributed by atoms with Crippen LogP contribution in [0.3, 0.4) is 0 Å². The molecule has 4 rings (SSSR count). The maximum Gasteiger partial charge on any atom is 2.00 e. The second-order valence-electron chi connectivity index (χ2n) is 2.71. The quantitative estimate of drug-likeness (QED) is 0.166. The summed E-state index contributed by atoms with van der Waals surface area (Å²) in [6, 6.07) is 0. The van der Waals surface area contributed by atoms with Crippen molar-refractivity contribution in [1.29, 1.82) is 0 Å². The van der Waals surface area contributed by atoms with Gasteiger partial charge in [-0.2, -0.15) is 0 Å². The minimum absolute atomic E-state index is 0. The van der Waals surface area contributed by atoms with Gasteiger partial charge in [-0.1, -0.05) is 0 Å². The van der Waals surface area contributed by atoms with Gasteiger partial charge in [0, 0.05) is 0 Å². The van der Waals surface area contributed by atoms with Crippen LogP contribution in [0.1, 0.15) is 51.4 Å². The average molecular weight is 978 g/mol. The second kappa shape index (κ2) is 103. The van der Waals surface area contributed by atoms with E-state index in [1.807, 2.05) is 0 Å². The molecule has 0 aromatic rings. The molecule has 4 heterocycles. The molecule has 0 radical (unpaired) electrons. The summed E-state index contributed by atoms with van der Waals surface area (Å²) in [5.74, 6) is 0. The molecule has 4 saturated heterocycles. The van der Waals surface area contributed by atoms with Crippen LogP contribution < -0.4 is 96.8 Å². The van der Waals surface area contributed by atoms with Gasteiger partial charge >= 0.3 is 502 Å². The van der Waals surface area contributed by atoms with Gasteiger partial charge in [-0.25, -0.2) is 0 Å². The molecule has 28 N–H and O–H groups in total. The van der Waals surface area contributed by atoms with Gasteiger partial charge in [-0.15, -0.1) is 0 Å². The van der Waals surface area contributed by atoms with Gasteiger partial charge < -0.3 is 161 Å². The largest absolute Gasteiger partial charge is 2.00 e. The molecular weight excluding hydrogens is 913 g/mol. The maximum absolute atomic E-state index is 9.45. The Hall–Kier alpha value is 15.4. The van der Waals surface area contributed by atoms with E-state index in [-0.39, 0.29) is 583 Å². The van der Waals surface area contributed by atoms with Crippen LogP contribution >= 0.6 is 0 Å². The van der Waals surface area contributed by atoms with Crippen molar-refractivity contribution in [3.63, 3.8) is 0 Å². The number of hydrogen-bond donors (Lipinski definition) is 4. The van der Waals surface area contributed by atoms with E-state index in [0.717, 1.165) is 0 Å². The van der Waals surface area contributed by atoms with E-state index in [1.165, 1.54) is 0 Å². The molecule has 4 bridgehead atoms. The molecule has 0 spiro atoms. The van der Waals surface area contributed by atoms with E-state index in [2.05, 4.69) is 24.7 Å². The van der Waals surface area contributed by atoms with Crippen LogP contribution in [0, 0.1) is 0 Å². The Balaban J connectivity index is -0.000000000588. The molecule has 0 aromatic carbocycles. The van der Waals surface area contributed by atoms with Crippen LogP contribution in [0.2, 0.25) is 0 Å². The third-order valence-electron chi connectivity index (χ3n) is 1.55. The monoisotopic (exact) mass is 972 g/mol. The zero-order valence-electron chi connectivity index (χ0n) is 63.6. The number of hydrogen-bond acceptors (Lipinski definition) is 10. The molecule has 0 saturated carbocycles. The van der Waals surface area contributed by atoms with Gasteiger partial charge in [-0.05, 0) is 0 Å². The predicted octanol–water partition coefficient (Wildman–Crippen LogP) is -28.1. The fraction of sp³-hybridized carbons (Fsp3) is 0. The van der Waals surface area contributed by atoms with Crippen LogP contribution in [0.5, 0.6) is 0 Å². The predicted molar refractivity (Wildman–Crippen MR) is 214 cm³/mol. The molecule has 4 aliphatic heterocycles. The van der Waals surface area contributed by atoms with Gasteiger partial charge in [-0.3, -0.25) is 0 Å². The second-order valence-corrected chi connectivity index (χ2v) is 11.8. The topological polar surface area (TPSA) is 514 Å². The zero-order valence-corrected chi connectivity index (χ0v) is 58.2. The van der Waals surface area contributed by atoms with Crippen molar-refractivity contribution in [3.8, 4) is 0 Å². The SMILES string of the molecule is O.O.O.O.O.O.O.O.O.O.O.O.O[Si]12O[Si]3(O)O[Si](O)(O1)O[Si](O)(O2)O3.[H-].[H-].[H-].[H-].[H-].[H-].[H-].[H-].[H-].[H-].[H-].[H-].[H-].[H-].[H-].[H-].[H-].[H-].[H-].[H-].[H-].[H-].[H-].[H-].[H-].[H-].[H-].[H-].[H-].[H-].[H-].[H-].[H-].[H-].[H-].[H-].[Li+].[Li+].[Mg+2].[Mg+2].[Mg+2].[Mg+2].[Mg+2].[Mg+2].[Mg+2].[Mg+2].[Mg+2].[Mg+2].[Mg+2].[Mg+2].[Mg+2].[Mg+2].[Mg+2].[Mg+2].[Na+].[Na+]. The Bertz CT molecular complexity index is 354. The smallest absolute Gasteiger partial charge is 1.00 e. The first-order chi connectivity index (χ1) is 6.24. The van der Waals surface area contributed by atoms with E-state index in [9.17, 15) is 19.2 Å². The molecule has 0 atom stereocenters. The minimum Gasteiger partial charge on any atom is -1.00 e. The van der Waals surface area contributed by atoms with E-state index in [0.29, 0.717) is 0 Å². The van der Waals surface area contributed by atoms with Crippen molar-refractivity contribution >= 4 is 405 Å². The first-order valence-corrected chi connectivity index (χ1v) is 10.0. The fourth-order valence-electron chi connectivity index (χ4n) is 1.23. The summed E-state index contributed by atoms with van der Waals surface area (Å²) in [5.41, 5.74) is 0. The summed E-state index contributed by atoms with van der Waals surface area (Å²) < 4.78 is 27.0. The third-order valence-corrected chi connectivity index (χ3v) is 13.9. The molecule has 248 valence electrons. The average Bonchev–Trinajstić information content (AvgIpc) is 1.67. The van der Waals surface area contributed by atoms with Crippen molar-refractivity contribution in [3.05, 3.63) is 0 Å². The summed E-state index contributed by atoms with van der Waals surface area (Å²) in [6.45, 7) is 0. The summed E-state index contributed by atoms with van der Waals surface area (Å²) in [4.78, 5) is 37.8. The Labute approximate surface area is 650 Å². The van der Waals surface area contributed by atoms with Crippen molar-refractivity contribution in [2.45, 2.75) is 0 Å². The van der Waals surface area contributed by atoms with Crippen LogP contribution in [0.25, 0.3) is 0 Å². The molecule has 4 aliphatic rings. The summed E-state index contributed by atoms with van der Waals surface area (Å²) in [7, 11) is -17.0. The van der Waals surface area contributed by atoms with Crippen LogP contribution in [-0.2, 0) is 24.7 Å². The number of rotatable bonds is 0. The Morgan fingerprint density at radius 1 is 0.239 bits per heavy atom. The van der Waals surface area contributed by atoms with Crippen molar-refractivity contribution in [1.82, 2.24) is 0 Å². The minimum atomic E-state index is -4.26. The van der Waals surface area contributed by atoms with Gasteiger partial charge in [0.2, 0.25) is 0 Å². The van der Waals surface area contributed by atoms with Crippen molar-refractivity contribution in [2.75, 3.05) is 0 Å². The molecule has 22 nitrogen and oxygen atoms in total.